The summed E-state index contributed by atoms with van der Waals surface area (Å²) in [6.07, 6.45) is -0.260. The maximum absolute atomic E-state index is 12.9. The van der Waals surface area contributed by atoms with E-state index in [1.54, 1.807) is 39.8 Å². The molecule has 0 aliphatic carbocycles. The number of sulfonamides is 1. The maximum atomic E-state index is 12.9. The number of ether oxygens (including phenoxy) is 1. The quantitative estimate of drug-likeness (QED) is 0.405. The molecule has 9 nitrogen and oxygen atoms in total. The molecule has 1 aromatic heterocycles. The molecule has 1 aliphatic heterocycles. The summed E-state index contributed by atoms with van der Waals surface area (Å²) in [5.41, 5.74) is 2.25. The minimum absolute atomic E-state index is 0.00465. The van der Waals surface area contributed by atoms with Gasteiger partial charge in [-0.05, 0) is 38.8 Å². The molecular weight excluding hydrogens is 410 g/mol. The summed E-state index contributed by atoms with van der Waals surface area (Å²) in [4.78, 5) is 26.0. The fourth-order valence-corrected chi connectivity index (χ4v) is 4.39. The van der Waals surface area contributed by atoms with Gasteiger partial charge in [0.2, 0.25) is 11.8 Å². The van der Waals surface area contributed by atoms with E-state index in [1.807, 2.05) is 18.2 Å². The molecule has 3 rings (SSSR count). The number of carbonyl (C=O) groups excluding carboxylic acids is 2. The number of nitrogens with zero attached hydrogens (tertiary/aromatic N) is 2. The van der Waals surface area contributed by atoms with Gasteiger partial charge in [0.1, 0.15) is 12.3 Å². The van der Waals surface area contributed by atoms with Crippen molar-refractivity contribution in [2.45, 2.75) is 46.1 Å². The first-order valence-corrected chi connectivity index (χ1v) is 10.8. The second kappa shape index (κ2) is 8.31. The van der Waals surface area contributed by atoms with Gasteiger partial charge in [0.25, 0.3) is 10.0 Å². The Balaban J connectivity index is 1.80. The number of benzene rings is 1. The van der Waals surface area contributed by atoms with Crippen LogP contribution in [0.4, 0.5) is 5.88 Å². The Kier molecular flexibility index (Phi) is 5.97. The number of β-lactam (4-membered cyclic amide) rings is 1. The van der Waals surface area contributed by atoms with Crippen LogP contribution in [0.3, 0.4) is 0 Å². The lowest BCUT2D eigenvalue weighted by molar-refractivity contribution is -0.150. The number of hydrogen-bond acceptors (Lipinski definition) is 7. The van der Waals surface area contributed by atoms with E-state index in [0.29, 0.717) is 16.8 Å². The number of aryl methyl sites for hydroxylation is 1. The van der Waals surface area contributed by atoms with Crippen LogP contribution in [0.25, 0.3) is 0 Å². The lowest BCUT2D eigenvalue weighted by Gasteiger charge is -2.40. The smallest absolute Gasteiger partial charge is 0.355 e. The summed E-state index contributed by atoms with van der Waals surface area (Å²) in [7, 11) is -4.07. The Bertz CT molecular complexity index is 1100. The van der Waals surface area contributed by atoms with Crippen molar-refractivity contribution in [3.05, 3.63) is 58.4 Å². The highest BCUT2D eigenvalue weighted by atomic mass is 32.2. The summed E-state index contributed by atoms with van der Waals surface area (Å²) < 4.78 is 38.4. The Morgan fingerprint density at radius 3 is 2.47 bits per heavy atom. The Hall–Kier alpha value is -3.14. The van der Waals surface area contributed by atoms with Crippen LogP contribution in [-0.4, -0.2) is 35.7 Å². The molecule has 1 saturated heterocycles. The van der Waals surface area contributed by atoms with E-state index >= 15 is 0 Å². The van der Waals surface area contributed by atoms with E-state index in [1.165, 1.54) is 0 Å². The van der Waals surface area contributed by atoms with Crippen molar-refractivity contribution >= 4 is 27.8 Å². The fraction of sp³-hybridized carbons (Fsp3) is 0.350. The van der Waals surface area contributed by atoms with Gasteiger partial charge in [0, 0.05) is 5.56 Å². The fourth-order valence-electron chi connectivity index (χ4n) is 2.95. The van der Waals surface area contributed by atoms with Crippen molar-refractivity contribution in [2.24, 2.45) is 0 Å². The Morgan fingerprint density at radius 1 is 1.27 bits per heavy atom. The van der Waals surface area contributed by atoms with Crippen LogP contribution in [0.1, 0.15) is 37.1 Å². The van der Waals surface area contributed by atoms with Crippen molar-refractivity contribution in [2.75, 3.05) is 4.72 Å². The normalized spacial score (nSPS) is 16.1. The average Bonchev–Trinajstić information content (AvgIpc) is 3.00. The zero-order valence-electron chi connectivity index (χ0n) is 17.1. The molecular formula is C20H23N3O6S. The van der Waals surface area contributed by atoms with Crippen LogP contribution in [0.2, 0.25) is 0 Å². The standard InChI is InChI=1S/C20H23N3O6S/c1-12(2)18(20(25)28-11-15-8-6-5-7-9-15)23-16(24)10-17(23)30(26,27)22-19-13(3)14(4)21-29-19/h5-9,17,22H,10-11H2,1-4H3/t17-/m1/s1. The number of likely N-dealkylation sites (tertiary alicyclic amines) is 1. The Labute approximate surface area is 174 Å². The van der Waals surface area contributed by atoms with E-state index in [4.69, 9.17) is 9.26 Å². The first-order valence-electron chi connectivity index (χ1n) is 9.27. The van der Waals surface area contributed by atoms with Crippen molar-refractivity contribution in [3.8, 4) is 0 Å². The number of nitrogens with one attached hydrogen (secondary N) is 1. The number of rotatable bonds is 7. The van der Waals surface area contributed by atoms with Gasteiger partial charge in [-0.3, -0.25) is 9.69 Å². The van der Waals surface area contributed by atoms with Crippen molar-refractivity contribution < 1.29 is 27.3 Å². The molecule has 0 bridgehead atoms. The van der Waals surface area contributed by atoms with Crippen LogP contribution < -0.4 is 4.72 Å². The van der Waals surface area contributed by atoms with Gasteiger partial charge in [-0.15, -0.1) is 0 Å². The number of esters is 1. The third-order valence-corrected chi connectivity index (χ3v) is 6.34. The highest BCUT2D eigenvalue weighted by Gasteiger charge is 2.49. The molecule has 10 heteroatoms. The van der Waals surface area contributed by atoms with E-state index in [9.17, 15) is 18.0 Å². The van der Waals surface area contributed by atoms with E-state index in [0.717, 1.165) is 10.5 Å². The largest absolute Gasteiger partial charge is 0.456 e. The van der Waals surface area contributed by atoms with Crippen LogP contribution in [0.5, 0.6) is 0 Å². The van der Waals surface area contributed by atoms with Gasteiger partial charge in [0.05, 0.1) is 12.1 Å². The molecule has 0 radical (unpaired) electrons. The molecule has 2 aromatic rings. The van der Waals surface area contributed by atoms with Crippen LogP contribution in [0.15, 0.2) is 46.1 Å². The summed E-state index contributed by atoms with van der Waals surface area (Å²) in [6.45, 7) is 6.58. The van der Waals surface area contributed by atoms with Crippen molar-refractivity contribution in [1.82, 2.24) is 10.1 Å². The molecule has 2 heterocycles. The molecule has 1 aromatic carbocycles. The van der Waals surface area contributed by atoms with Crippen molar-refractivity contribution in [3.63, 3.8) is 0 Å². The van der Waals surface area contributed by atoms with Gasteiger partial charge in [-0.2, -0.15) is 0 Å². The third kappa shape index (κ3) is 4.23. The molecule has 1 N–H and O–H groups in total. The number of carbonyl (C=O) groups is 2. The highest BCUT2D eigenvalue weighted by Crippen LogP contribution is 2.33. The molecule has 0 unspecified atom stereocenters. The van der Waals surface area contributed by atoms with Crippen LogP contribution in [-0.2, 0) is 31.0 Å². The predicted octanol–water partition coefficient (Wildman–Crippen LogP) is 2.63. The first-order chi connectivity index (χ1) is 14.1. The molecule has 0 saturated carbocycles. The topological polar surface area (TPSA) is 119 Å². The average molecular weight is 433 g/mol. The van der Waals surface area contributed by atoms with Gasteiger partial charge in [0.15, 0.2) is 5.37 Å². The molecule has 1 atom stereocenters. The maximum Gasteiger partial charge on any atom is 0.355 e. The first kappa shape index (κ1) is 21.6. The van der Waals surface area contributed by atoms with Crippen LogP contribution in [0, 0.1) is 13.8 Å². The Morgan fingerprint density at radius 2 is 1.93 bits per heavy atom. The molecule has 1 amide bonds. The molecule has 1 fully saturated rings. The monoisotopic (exact) mass is 433 g/mol. The zero-order chi connectivity index (χ0) is 22.1. The minimum Gasteiger partial charge on any atom is -0.456 e. The zero-order valence-corrected chi connectivity index (χ0v) is 17.9. The molecule has 1 aliphatic rings. The lowest BCUT2D eigenvalue weighted by Crippen LogP contribution is -2.58. The number of hydrogen-bond donors (Lipinski definition) is 1. The lowest BCUT2D eigenvalue weighted by atomic mass is 10.1. The van der Waals surface area contributed by atoms with Gasteiger partial charge >= 0.3 is 5.97 Å². The summed E-state index contributed by atoms with van der Waals surface area (Å²) in [6, 6.07) is 9.05. The number of allylic oxidation sites excluding steroid dienone is 1. The van der Waals surface area contributed by atoms with Gasteiger partial charge in [-0.1, -0.05) is 35.5 Å². The molecule has 160 valence electrons. The van der Waals surface area contributed by atoms with Gasteiger partial charge < -0.3 is 9.26 Å². The molecule has 0 spiro atoms. The number of amides is 1. The van der Waals surface area contributed by atoms with E-state index in [2.05, 4.69) is 9.88 Å². The third-order valence-electron chi connectivity index (χ3n) is 4.78. The number of aromatic nitrogens is 1. The summed E-state index contributed by atoms with van der Waals surface area (Å²) >= 11 is 0. The van der Waals surface area contributed by atoms with E-state index < -0.39 is 27.3 Å². The molecule has 30 heavy (non-hydrogen) atoms. The second-order valence-electron chi connectivity index (χ2n) is 7.20. The summed E-state index contributed by atoms with van der Waals surface area (Å²) in [5, 5.41) is 2.46. The minimum atomic E-state index is -4.07. The van der Waals surface area contributed by atoms with Gasteiger partial charge in [-0.25, -0.2) is 17.9 Å². The predicted molar refractivity (Wildman–Crippen MR) is 108 cm³/mol. The highest BCUT2D eigenvalue weighted by molar-refractivity contribution is 7.93. The summed E-state index contributed by atoms with van der Waals surface area (Å²) in [5.74, 6) is -1.26. The number of anilines is 1. The van der Waals surface area contributed by atoms with E-state index in [-0.39, 0.29) is 24.6 Å². The second-order valence-corrected chi connectivity index (χ2v) is 9.04. The van der Waals surface area contributed by atoms with Crippen molar-refractivity contribution in [1.29, 1.82) is 0 Å². The van der Waals surface area contributed by atoms with Crippen LogP contribution >= 0.6 is 0 Å². The SMILES string of the molecule is CC(C)=C(C(=O)OCc1ccccc1)N1C(=O)C[C@H]1S(=O)(=O)Nc1onc(C)c1C.